The molecule has 1 saturated carbocycles. The average Bonchev–Trinajstić information content (AvgIpc) is 3.10. The third-order valence-electron chi connectivity index (χ3n) is 9.28. The number of aromatic nitrogens is 1. The number of anilines is 2. The summed E-state index contributed by atoms with van der Waals surface area (Å²) in [6.45, 7) is 16.6. The summed E-state index contributed by atoms with van der Waals surface area (Å²) >= 11 is 6.45. The fourth-order valence-corrected chi connectivity index (χ4v) is 7.37. The summed E-state index contributed by atoms with van der Waals surface area (Å²) in [6, 6.07) is 7.24. The molecule has 0 atom stereocenters. The van der Waals surface area contributed by atoms with E-state index in [0.717, 1.165) is 68.4 Å². The fraction of sp³-hybridized carbons (Fsp3) is 0.516. The molecule has 0 amide bonds. The van der Waals surface area contributed by atoms with Crippen LogP contribution in [0.1, 0.15) is 67.7 Å². The van der Waals surface area contributed by atoms with Crippen molar-refractivity contribution in [1.29, 1.82) is 0 Å². The van der Waals surface area contributed by atoms with E-state index in [9.17, 15) is 0 Å². The van der Waals surface area contributed by atoms with Crippen LogP contribution in [0.3, 0.4) is 0 Å². The maximum atomic E-state index is 6.45. The predicted molar refractivity (Wildman–Crippen MR) is 151 cm³/mol. The number of likely N-dealkylation sites (tertiary alicyclic amines) is 1. The Balaban J connectivity index is 1.06. The van der Waals surface area contributed by atoms with Crippen LogP contribution >= 0.6 is 11.6 Å². The molecule has 1 aliphatic carbocycles. The Labute approximate surface area is 221 Å². The molecule has 4 nitrogen and oxygen atoms in total. The Morgan fingerprint density at radius 1 is 1.14 bits per heavy atom. The van der Waals surface area contributed by atoms with Gasteiger partial charge in [-0.25, -0.2) is 4.98 Å². The lowest BCUT2D eigenvalue weighted by Gasteiger charge is -2.45. The van der Waals surface area contributed by atoms with Gasteiger partial charge >= 0.3 is 0 Å². The zero-order valence-electron chi connectivity index (χ0n) is 21.9. The van der Waals surface area contributed by atoms with Crippen molar-refractivity contribution in [1.82, 2.24) is 9.88 Å². The topological polar surface area (TPSA) is 31.4 Å². The monoisotopic (exact) mass is 502 g/mol. The lowest BCUT2D eigenvalue weighted by Crippen LogP contribution is -2.45. The number of halogens is 1. The number of hydrogen-bond acceptors (Lipinski definition) is 4. The highest BCUT2D eigenvalue weighted by Crippen LogP contribution is 2.51. The van der Waals surface area contributed by atoms with Crippen LogP contribution in [-0.4, -0.2) is 35.6 Å². The first-order valence-electron chi connectivity index (χ1n) is 13.8. The number of hydrogen-bond donors (Lipinski definition) is 1. The Kier molecular flexibility index (Phi) is 6.16. The van der Waals surface area contributed by atoms with Gasteiger partial charge < -0.3 is 15.1 Å². The molecule has 6 rings (SSSR count). The van der Waals surface area contributed by atoms with Crippen molar-refractivity contribution in [2.45, 2.75) is 76.7 Å². The summed E-state index contributed by atoms with van der Waals surface area (Å²) in [5.74, 6) is 2.01. The second kappa shape index (κ2) is 9.22. The minimum absolute atomic E-state index is 0.0258. The molecule has 2 fully saturated rings. The van der Waals surface area contributed by atoms with Crippen molar-refractivity contribution >= 4 is 23.1 Å². The minimum Gasteiger partial charge on any atom is -0.358 e. The van der Waals surface area contributed by atoms with Gasteiger partial charge in [-0.2, -0.15) is 0 Å². The van der Waals surface area contributed by atoms with Gasteiger partial charge in [0, 0.05) is 39.8 Å². The molecule has 0 radical (unpaired) electrons. The maximum Gasteiger partial charge on any atom is 0.136 e. The number of fused-ring (bicyclic) bond motifs is 3. The van der Waals surface area contributed by atoms with Crippen molar-refractivity contribution in [2.24, 2.45) is 5.92 Å². The molecule has 5 heteroatoms. The second-order valence-corrected chi connectivity index (χ2v) is 12.2. The van der Waals surface area contributed by atoms with Gasteiger partial charge in [0.25, 0.3) is 0 Å². The number of rotatable bonds is 5. The largest absolute Gasteiger partial charge is 0.358 e. The molecule has 190 valence electrons. The van der Waals surface area contributed by atoms with E-state index in [-0.39, 0.29) is 5.41 Å². The molecule has 1 N–H and O–H groups in total. The first-order chi connectivity index (χ1) is 17.3. The van der Waals surface area contributed by atoms with Gasteiger partial charge in [0.1, 0.15) is 5.82 Å². The molecule has 36 heavy (non-hydrogen) atoms. The van der Waals surface area contributed by atoms with Gasteiger partial charge in [-0.3, -0.25) is 0 Å². The van der Waals surface area contributed by atoms with E-state index >= 15 is 0 Å². The second-order valence-electron chi connectivity index (χ2n) is 11.8. The van der Waals surface area contributed by atoms with Crippen LogP contribution < -0.4 is 10.2 Å². The van der Waals surface area contributed by atoms with E-state index < -0.39 is 0 Å². The van der Waals surface area contributed by atoms with E-state index in [2.05, 4.69) is 60.5 Å². The predicted octanol–water partition coefficient (Wildman–Crippen LogP) is 7.01. The number of pyridine rings is 1. The van der Waals surface area contributed by atoms with Crippen LogP contribution in [0.25, 0.3) is 0 Å². The molecule has 0 unspecified atom stereocenters. The van der Waals surface area contributed by atoms with Gasteiger partial charge in [0.2, 0.25) is 0 Å². The minimum atomic E-state index is 0.0258. The molecule has 1 aromatic heterocycles. The summed E-state index contributed by atoms with van der Waals surface area (Å²) in [7, 11) is 0. The van der Waals surface area contributed by atoms with Crippen molar-refractivity contribution in [3.8, 4) is 0 Å². The van der Waals surface area contributed by atoms with Gasteiger partial charge in [0.05, 0.1) is 0 Å². The summed E-state index contributed by atoms with van der Waals surface area (Å²) in [5, 5.41) is 4.42. The van der Waals surface area contributed by atoms with Crippen molar-refractivity contribution < 1.29 is 0 Å². The van der Waals surface area contributed by atoms with Gasteiger partial charge in [-0.1, -0.05) is 37.7 Å². The van der Waals surface area contributed by atoms with E-state index in [1.54, 1.807) is 0 Å². The Hall–Kier alpha value is -2.30. The van der Waals surface area contributed by atoms with Crippen molar-refractivity contribution in [2.75, 3.05) is 29.9 Å². The van der Waals surface area contributed by atoms with Gasteiger partial charge in [-0.05, 0) is 118 Å². The summed E-state index contributed by atoms with van der Waals surface area (Å²) < 4.78 is 0. The number of allylic oxidation sites excluding steroid dienone is 2. The van der Waals surface area contributed by atoms with Crippen molar-refractivity contribution in [3.63, 3.8) is 0 Å². The SMILES string of the molecule is C=C1CCc2cc(CCCN3CCC4(CC3)C(=C)Nc3c(C)cc(Cl)cc34)cnc2N1C1CC(C)C1. The number of piperidine rings is 1. The standard InChI is InChI=1S/C31H39ClN4/c1-20-14-27(15-20)36-22(3)7-8-25-17-24(19-33-30(25)36)6-5-11-35-12-9-31(10-13-35)23(4)34-29-21(2)16-26(32)18-28(29)31/h16-20,27,34H,3-15H2,1-2H3. The lowest BCUT2D eigenvalue weighted by molar-refractivity contribution is 0.179. The first kappa shape index (κ1) is 24.1. The highest BCUT2D eigenvalue weighted by molar-refractivity contribution is 6.30. The lowest BCUT2D eigenvalue weighted by atomic mass is 9.72. The third kappa shape index (κ3) is 4.07. The molecule has 1 aromatic carbocycles. The molecule has 1 saturated heterocycles. The molecule has 4 aliphatic rings. The smallest absolute Gasteiger partial charge is 0.136 e. The van der Waals surface area contributed by atoms with Crippen molar-refractivity contribution in [3.05, 3.63) is 76.2 Å². The third-order valence-corrected chi connectivity index (χ3v) is 9.50. The zero-order chi connectivity index (χ0) is 25.0. The highest BCUT2D eigenvalue weighted by atomic mass is 35.5. The van der Waals surface area contributed by atoms with Gasteiger partial charge in [-0.15, -0.1) is 0 Å². The molecule has 4 heterocycles. The van der Waals surface area contributed by atoms with E-state index in [0.29, 0.717) is 6.04 Å². The number of benzene rings is 1. The highest BCUT2D eigenvalue weighted by Gasteiger charge is 2.45. The summed E-state index contributed by atoms with van der Waals surface area (Å²) in [6.07, 6.45) is 11.3. The summed E-state index contributed by atoms with van der Waals surface area (Å²) in [5.41, 5.74) is 9.02. The van der Waals surface area contributed by atoms with E-state index in [4.69, 9.17) is 16.6 Å². The zero-order valence-corrected chi connectivity index (χ0v) is 22.6. The van der Waals surface area contributed by atoms with Crippen LogP contribution in [0.4, 0.5) is 11.5 Å². The van der Waals surface area contributed by atoms with Crippen LogP contribution in [0.2, 0.25) is 5.02 Å². The Morgan fingerprint density at radius 3 is 2.67 bits per heavy atom. The van der Waals surface area contributed by atoms with E-state index in [1.807, 2.05) is 6.07 Å². The maximum absolute atomic E-state index is 6.45. The average molecular weight is 503 g/mol. The first-order valence-corrected chi connectivity index (χ1v) is 14.2. The van der Waals surface area contributed by atoms with E-state index in [1.165, 1.54) is 58.7 Å². The fourth-order valence-electron chi connectivity index (χ4n) is 7.10. The molecule has 1 spiro atoms. The molecular weight excluding hydrogens is 464 g/mol. The molecule has 3 aliphatic heterocycles. The molecule has 0 bridgehead atoms. The number of nitrogens with one attached hydrogen (secondary N) is 1. The van der Waals surface area contributed by atoms with Gasteiger partial charge in [0.15, 0.2) is 0 Å². The number of aryl methyl sites for hydroxylation is 3. The van der Waals surface area contributed by atoms with Crippen LogP contribution in [0.15, 0.2) is 48.9 Å². The summed E-state index contributed by atoms with van der Waals surface area (Å²) in [4.78, 5) is 10.0. The van der Waals surface area contributed by atoms with Crippen LogP contribution in [-0.2, 0) is 18.3 Å². The molecular formula is C31H39ClN4. The Morgan fingerprint density at radius 2 is 1.92 bits per heavy atom. The Bertz CT molecular complexity index is 1200. The normalized spacial score (nSPS) is 24.9. The quantitative estimate of drug-likeness (QED) is 0.476. The molecule has 2 aromatic rings. The van der Waals surface area contributed by atoms with Crippen LogP contribution in [0.5, 0.6) is 0 Å². The van der Waals surface area contributed by atoms with Crippen LogP contribution in [0, 0.1) is 12.8 Å². The number of nitrogens with zero attached hydrogens (tertiary/aromatic N) is 3.